The lowest BCUT2D eigenvalue weighted by Crippen LogP contribution is -2.44. The SMILES string of the molecule is O=C1CC(c2ccccc2)N(Cc2ccncc2)CCCN(C(=O)C2(c3ccccc3)CC2)CCN1. The van der Waals surface area contributed by atoms with Gasteiger partial charge in [0.15, 0.2) is 0 Å². The molecule has 36 heavy (non-hydrogen) atoms. The normalized spacial score (nSPS) is 20.7. The Morgan fingerprint density at radius 2 is 1.61 bits per heavy atom. The molecule has 1 N–H and O–H groups in total. The minimum atomic E-state index is -0.394. The lowest BCUT2D eigenvalue weighted by atomic mass is 9.94. The molecule has 1 saturated heterocycles. The molecule has 2 heterocycles. The maximum atomic E-state index is 13.8. The molecule has 2 amide bonds. The van der Waals surface area contributed by atoms with E-state index in [2.05, 4.69) is 39.5 Å². The minimum absolute atomic E-state index is 0.0158. The zero-order valence-corrected chi connectivity index (χ0v) is 20.7. The van der Waals surface area contributed by atoms with Crippen LogP contribution in [-0.4, -0.2) is 52.8 Å². The molecule has 1 saturated carbocycles. The van der Waals surface area contributed by atoms with E-state index in [1.165, 1.54) is 0 Å². The van der Waals surface area contributed by atoms with Crippen LogP contribution in [0.3, 0.4) is 0 Å². The van der Waals surface area contributed by atoms with Crippen LogP contribution in [0.2, 0.25) is 0 Å². The number of carbonyl (C=O) groups excluding carboxylic acids is 2. The summed E-state index contributed by atoms with van der Waals surface area (Å²) in [6.07, 6.45) is 6.64. The van der Waals surface area contributed by atoms with E-state index in [1.54, 1.807) is 0 Å². The third kappa shape index (κ3) is 5.49. The number of pyridine rings is 1. The smallest absolute Gasteiger partial charge is 0.233 e. The molecule has 0 spiro atoms. The van der Waals surface area contributed by atoms with E-state index in [0.29, 0.717) is 26.1 Å². The van der Waals surface area contributed by atoms with Crippen LogP contribution in [0.25, 0.3) is 0 Å². The number of rotatable bonds is 5. The Bertz CT molecular complexity index is 1150. The Labute approximate surface area is 213 Å². The molecule has 6 nitrogen and oxygen atoms in total. The second-order valence-corrected chi connectivity index (χ2v) is 9.90. The average molecular weight is 483 g/mol. The second-order valence-electron chi connectivity index (χ2n) is 9.90. The van der Waals surface area contributed by atoms with Gasteiger partial charge in [-0.05, 0) is 48.1 Å². The quantitative estimate of drug-likeness (QED) is 0.595. The molecule has 1 unspecified atom stereocenters. The van der Waals surface area contributed by atoms with Gasteiger partial charge in [0.05, 0.1) is 5.41 Å². The predicted octanol–water partition coefficient (Wildman–Crippen LogP) is 4.10. The maximum Gasteiger partial charge on any atom is 0.233 e. The Balaban J connectivity index is 1.38. The fourth-order valence-electron chi connectivity index (χ4n) is 5.37. The first-order valence-corrected chi connectivity index (χ1v) is 13.0. The number of hydrogen-bond acceptors (Lipinski definition) is 4. The summed E-state index contributed by atoms with van der Waals surface area (Å²) < 4.78 is 0. The highest BCUT2D eigenvalue weighted by Crippen LogP contribution is 2.49. The van der Waals surface area contributed by atoms with Gasteiger partial charge in [0.1, 0.15) is 0 Å². The maximum absolute atomic E-state index is 13.8. The van der Waals surface area contributed by atoms with Crippen LogP contribution in [0.4, 0.5) is 0 Å². The summed E-state index contributed by atoms with van der Waals surface area (Å²) in [5.74, 6) is 0.213. The van der Waals surface area contributed by atoms with Crippen LogP contribution in [0.5, 0.6) is 0 Å². The number of benzene rings is 2. The summed E-state index contributed by atoms with van der Waals surface area (Å²) in [6.45, 7) is 3.20. The molecular formula is C30H34N4O2. The van der Waals surface area contributed by atoms with Crippen molar-refractivity contribution in [1.82, 2.24) is 20.1 Å². The monoisotopic (exact) mass is 482 g/mol. The van der Waals surface area contributed by atoms with E-state index in [4.69, 9.17) is 0 Å². The van der Waals surface area contributed by atoms with Crippen molar-refractivity contribution in [2.45, 2.75) is 43.7 Å². The first-order chi connectivity index (χ1) is 17.7. The van der Waals surface area contributed by atoms with E-state index in [1.807, 2.05) is 65.8 Å². The van der Waals surface area contributed by atoms with Crippen LogP contribution in [0.15, 0.2) is 85.2 Å². The third-order valence-corrected chi connectivity index (χ3v) is 7.49. The molecule has 5 rings (SSSR count). The van der Waals surface area contributed by atoms with Crippen molar-refractivity contribution < 1.29 is 9.59 Å². The molecule has 0 bridgehead atoms. The molecule has 2 aromatic carbocycles. The zero-order chi connectivity index (χ0) is 24.8. The molecule has 1 atom stereocenters. The highest BCUT2D eigenvalue weighted by molar-refractivity contribution is 5.91. The van der Waals surface area contributed by atoms with Gasteiger partial charge in [0, 0.05) is 57.6 Å². The molecule has 2 aliphatic rings. The highest BCUT2D eigenvalue weighted by Gasteiger charge is 2.52. The fraction of sp³-hybridized carbons (Fsp3) is 0.367. The molecule has 2 fully saturated rings. The van der Waals surface area contributed by atoms with E-state index in [-0.39, 0.29) is 17.9 Å². The fourth-order valence-corrected chi connectivity index (χ4v) is 5.37. The summed E-state index contributed by atoms with van der Waals surface area (Å²) in [4.78, 5) is 35.3. The summed E-state index contributed by atoms with van der Waals surface area (Å²) in [5, 5.41) is 3.09. The van der Waals surface area contributed by atoms with Crippen LogP contribution < -0.4 is 5.32 Å². The van der Waals surface area contributed by atoms with Crippen molar-refractivity contribution in [2.24, 2.45) is 0 Å². The summed E-state index contributed by atoms with van der Waals surface area (Å²) >= 11 is 0. The van der Waals surface area contributed by atoms with Gasteiger partial charge in [-0.2, -0.15) is 0 Å². The molecule has 186 valence electrons. The van der Waals surface area contributed by atoms with Gasteiger partial charge >= 0.3 is 0 Å². The average Bonchev–Trinajstić information content (AvgIpc) is 3.74. The number of aromatic nitrogens is 1. The summed E-state index contributed by atoms with van der Waals surface area (Å²) in [7, 11) is 0. The molecule has 0 radical (unpaired) electrons. The van der Waals surface area contributed by atoms with E-state index >= 15 is 0 Å². The predicted molar refractivity (Wildman–Crippen MR) is 140 cm³/mol. The topological polar surface area (TPSA) is 65.5 Å². The third-order valence-electron chi connectivity index (χ3n) is 7.49. The second kappa shape index (κ2) is 11.0. The lowest BCUT2D eigenvalue weighted by Gasteiger charge is -2.32. The Kier molecular flexibility index (Phi) is 7.42. The largest absolute Gasteiger partial charge is 0.354 e. The van der Waals surface area contributed by atoms with Gasteiger partial charge in [0.25, 0.3) is 0 Å². The van der Waals surface area contributed by atoms with Crippen molar-refractivity contribution in [3.05, 3.63) is 102 Å². The summed E-state index contributed by atoms with van der Waals surface area (Å²) in [5.41, 5.74) is 3.01. The van der Waals surface area contributed by atoms with Gasteiger partial charge in [-0.15, -0.1) is 0 Å². The molecule has 1 aliphatic carbocycles. The Hall–Kier alpha value is -3.51. The minimum Gasteiger partial charge on any atom is -0.354 e. The van der Waals surface area contributed by atoms with Crippen LogP contribution in [0, 0.1) is 0 Å². The first kappa shape index (κ1) is 24.2. The van der Waals surface area contributed by atoms with Crippen LogP contribution in [0.1, 0.15) is 48.4 Å². The van der Waals surface area contributed by atoms with Gasteiger partial charge in [-0.25, -0.2) is 0 Å². The number of hydrogen-bond donors (Lipinski definition) is 1. The van der Waals surface area contributed by atoms with Crippen LogP contribution >= 0.6 is 0 Å². The first-order valence-electron chi connectivity index (χ1n) is 13.0. The molecule has 1 aliphatic heterocycles. The van der Waals surface area contributed by atoms with Crippen molar-refractivity contribution in [1.29, 1.82) is 0 Å². The highest BCUT2D eigenvalue weighted by atomic mass is 16.2. The van der Waals surface area contributed by atoms with Gasteiger partial charge in [0.2, 0.25) is 11.8 Å². The van der Waals surface area contributed by atoms with E-state index < -0.39 is 5.41 Å². The number of carbonyl (C=O) groups is 2. The summed E-state index contributed by atoms with van der Waals surface area (Å²) in [6, 6.07) is 24.4. The van der Waals surface area contributed by atoms with E-state index in [9.17, 15) is 9.59 Å². The molecule has 6 heteroatoms. The lowest BCUT2D eigenvalue weighted by molar-refractivity contribution is -0.134. The zero-order valence-electron chi connectivity index (χ0n) is 20.7. The molecule has 1 aromatic heterocycles. The van der Waals surface area contributed by atoms with Gasteiger partial charge in [-0.3, -0.25) is 19.5 Å². The van der Waals surface area contributed by atoms with Crippen molar-refractivity contribution in [2.75, 3.05) is 26.2 Å². The van der Waals surface area contributed by atoms with Gasteiger partial charge < -0.3 is 10.2 Å². The van der Waals surface area contributed by atoms with Gasteiger partial charge in [-0.1, -0.05) is 60.7 Å². The molecule has 3 aromatic rings. The molecular weight excluding hydrogens is 448 g/mol. The Morgan fingerprint density at radius 1 is 0.917 bits per heavy atom. The number of nitrogens with one attached hydrogen (secondary N) is 1. The van der Waals surface area contributed by atoms with Crippen molar-refractivity contribution in [3.8, 4) is 0 Å². The van der Waals surface area contributed by atoms with Crippen molar-refractivity contribution >= 4 is 11.8 Å². The van der Waals surface area contributed by atoms with E-state index in [0.717, 1.165) is 49.0 Å². The standard InChI is InChI=1S/C30H34N4O2/c35-28-22-27(25-8-3-1-4-9-25)34(23-24-12-16-31-17-13-24)20-7-19-33(21-18-32-28)29(36)30(14-15-30)26-10-5-2-6-11-26/h1-6,8-13,16-17,27H,7,14-15,18-23H2,(H,32,35). The number of amides is 2. The van der Waals surface area contributed by atoms with Crippen LogP contribution in [-0.2, 0) is 21.5 Å². The Morgan fingerprint density at radius 3 is 2.31 bits per heavy atom. The van der Waals surface area contributed by atoms with Crippen molar-refractivity contribution in [3.63, 3.8) is 0 Å². The number of nitrogens with zero attached hydrogens (tertiary/aromatic N) is 3.